The number of carbonyl (C=O) groups excluding carboxylic acids is 1. The van der Waals surface area contributed by atoms with Crippen molar-refractivity contribution in [3.8, 4) is 6.07 Å². The van der Waals surface area contributed by atoms with Crippen molar-refractivity contribution >= 4 is 28.9 Å². The second kappa shape index (κ2) is 5.02. The number of nitro groups is 1. The van der Waals surface area contributed by atoms with E-state index in [1.165, 1.54) is 26.0 Å². The van der Waals surface area contributed by atoms with Crippen molar-refractivity contribution in [1.82, 2.24) is 0 Å². The predicted molar refractivity (Wildman–Crippen MR) is 66.1 cm³/mol. The van der Waals surface area contributed by atoms with Crippen LogP contribution in [-0.2, 0) is 4.79 Å². The molecule has 1 aromatic rings. The standard InChI is InChI=1S/C11H10ClN3O3/c1-11(2,6-13)10(16)14-7-3-4-8(12)9(5-7)15(17)18/h3-5H,1-2H3,(H,14,16). The number of carbonyl (C=O) groups is 1. The third-order valence-corrected chi connectivity index (χ3v) is 2.57. The Bertz CT molecular complexity index is 549. The van der Waals surface area contributed by atoms with Gasteiger partial charge in [-0.3, -0.25) is 14.9 Å². The van der Waals surface area contributed by atoms with Crippen LogP contribution in [0.4, 0.5) is 11.4 Å². The van der Waals surface area contributed by atoms with Crippen LogP contribution in [0.3, 0.4) is 0 Å². The zero-order chi connectivity index (χ0) is 13.9. The molecule has 1 rings (SSSR count). The van der Waals surface area contributed by atoms with Crippen LogP contribution in [0.1, 0.15) is 13.8 Å². The first kappa shape index (κ1) is 13.9. The molecule has 0 aliphatic carbocycles. The van der Waals surface area contributed by atoms with Gasteiger partial charge >= 0.3 is 0 Å². The smallest absolute Gasteiger partial charge is 0.289 e. The van der Waals surface area contributed by atoms with Crippen LogP contribution in [0.5, 0.6) is 0 Å². The molecule has 0 radical (unpaired) electrons. The van der Waals surface area contributed by atoms with E-state index in [9.17, 15) is 14.9 Å². The quantitative estimate of drug-likeness (QED) is 0.672. The van der Waals surface area contributed by atoms with Gasteiger partial charge in [0.15, 0.2) is 0 Å². The number of halogens is 1. The third kappa shape index (κ3) is 2.96. The Hall–Kier alpha value is -2.13. The lowest BCUT2D eigenvalue weighted by Crippen LogP contribution is -2.29. The van der Waals surface area contributed by atoms with Crippen molar-refractivity contribution in [2.24, 2.45) is 5.41 Å². The number of nitrogens with zero attached hydrogens (tertiary/aromatic N) is 2. The summed E-state index contributed by atoms with van der Waals surface area (Å²) in [6, 6.07) is 5.73. The van der Waals surface area contributed by atoms with Crippen LogP contribution in [0, 0.1) is 26.9 Å². The van der Waals surface area contributed by atoms with E-state index in [0.29, 0.717) is 0 Å². The molecule has 1 N–H and O–H groups in total. The van der Waals surface area contributed by atoms with Crippen molar-refractivity contribution in [1.29, 1.82) is 5.26 Å². The highest BCUT2D eigenvalue weighted by Gasteiger charge is 2.27. The van der Waals surface area contributed by atoms with Gasteiger partial charge in [0.1, 0.15) is 10.4 Å². The van der Waals surface area contributed by atoms with Crippen LogP contribution in [-0.4, -0.2) is 10.8 Å². The number of benzene rings is 1. The van der Waals surface area contributed by atoms with Crippen LogP contribution in [0.15, 0.2) is 18.2 Å². The highest BCUT2D eigenvalue weighted by Crippen LogP contribution is 2.28. The Morgan fingerprint density at radius 3 is 2.67 bits per heavy atom. The van der Waals surface area contributed by atoms with E-state index in [4.69, 9.17) is 16.9 Å². The van der Waals surface area contributed by atoms with E-state index in [1.807, 2.05) is 6.07 Å². The first-order valence-corrected chi connectivity index (χ1v) is 5.32. The number of rotatable bonds is 3. The maximum Gasteiger partial charge on any atom is 0.289 e. The molecule has 0 saturated heterocycles. The van der Waals surface area contributed by atoms with Gasteiger partial charge in [-0.05, 0) is 26.0 Å². The molecule has 0 atom stereocenters. The van der Waals surface area contributed by atoms with Gasteiger partial charge in [-0.25, -0.2) is 0 Å². The number of nitro benzene ring substituents is 1. The molecule has 0 bridgehead atoms. The van der Waals surface area contributed by atoms with E-state index in [1.54, 1.807) is 0 Å². The molecule has 1 amide bonds. The summed E-state index contributed by atoms with van der Waals surface area (Å²) in [6.45, 7) is 2.90. The summed E-state index contributed by atoms with van der Waals surface area (Å²) >= 11 is 5.64. The molecule has 18 heavy (non-hydrogen) atoms. The van der Waals surface area contributed by atoms with Crippen molar-refractivity contribution in [3.63, 3.8) is 0 Å². The van der Waals surface area contributed by atoms with Crippen molar-refractivity contribution in [2.45, 2.75) is 13.8 Å². The minimum absolute atomic E-state index is 0.0162. The van der Waals surface area contributed by atoms with E-state index in [-0.39, 0.29) is 16.4 Å². The van der Waals surface area contributed by atoms with Crippen LogP contribution in [0.2, 0.25) is 5.02 Å². The van der Waals surface area contributed by atoms with E-state index >= 15 is 0 Å². The number of nitrogens with one attached hydrogen (secondary N) is 1. The first-order chi connectivity index (χ1) is 8.27. The van der Waals surface area contributed by atoms with Crippen molar-refractivity contribution in [3.05, 3.63) is 33.3 Å². The second-order valence-electron chi connectivity index (χ2n) is 4.11. The predicted octanol–water partition coefficient (Wildman–Crippen LogP) is 2.74. The molecule has 7 heteroatoms. The molecule has 0 spiro atoms. The molecule has 0 saturated carbocycles. The Morgan fingerprint density at radius 2 is 2.17 bits per heavy atom. The fourth-order valence-corrected chi connectivity index (χ4v) is 1.26. The van der Waals surface area contributed by atoms with Gasteiger partial charge in [-0.2, -0.15) is 5.26 Å². The summed E-state index contributed by atoms with van der Waals surface area (Å²) in [5.74, 6) is -0.540. The van der Waals surface area contributed by atoms with E-state index in [2.05, 4.69) is 5.32 Å². The molecule has 1 aromatic carbocycles. The molecule has 0 aliphatic heterocycles. The monoisotopic (exact) mass is 267 g/mol. The van der Waals surface area contributed by atoms with Gasteiger partial charge in [0.05, 0.1) is 11.0 Å². The Kier molecular flexibility index (Phi) is 3.89. The third-order valence-electron chi connectivity index (χ3n) is 2.25. The SMILES string of the molecule is CC(C)(C#N)C(=O)Nc1ccc(Cl)c([N+](=O)[O-])c1. The van der Waals surface area contributed by atoms with Gasteiger partial charge in [-0.1, -0.05) is 11.6 Å². The van der Waals surface area contributed by atoms with Crippen LogP contribution < -0.4 is 5.32 Å². The zero-order valence-electron chi connectivity index (χ0n) is 9.73. The van der Waals surface area contributed by atoms with Gasteiger partial charge < -0.3 is 5.32 Å². The molecule has 0 fully saturated rings. The number of anilines is 1. The molecule has 0 heterocycles. The molecule has 0 aromatic heterocycles. The van der Waals surface area contributed by atoms with Crippen LogP contribution in [0.25, 0.3) is 0 Å². The van der Waals surface area contributed by atoms with Crippen molar-refractivity contribution < 1.29 is 9.72 Å². The van der Waals surface area contributed by atoms with Crippen molar-refractivity contribution in [2.75, 3.05) is 5.32 Å². The minimum atomic E-state index is -1.21. The summed E-state index contributed by atoms with van der Waals surface area (Å²) in [6.07, 6.45) is 0. The van der Waals surface area contributed by atoms with E-state index < -0.39 is 16.2 Å². The van der Waals surface area contributed by atoms with Gasteiger partial charge in [-0.15, -0.1) is 0 Å². The number of hydrogen-bond acceptors (Lipinski definition) is 4. The maximum atomic E-state index is 11.7. The lowest BCUT2D eigenvalue weighted by atomic mass is 9.94. The fourth-order valence-electron chi connectivity index (χ4n) is 1.07. The topological polar surface area (TPSA) is 96.0 Å². The normalized spacial score (nSPS) is 10.6. The minimum Gasteiger partial charge on any atom is -0.324 e. The Balaban J connectivity index is 3.01. The summed E-state index contributed by atoms with van der Waals surface area (Å²) in [4.78, 5) is 21.7. The number of amides is 1. The van der Waals surface area contributed by atoms with Gasteiger partial charge in [0.2, 0.25) is 5.91 Å². The number of hydrogen-bond donors (Lipinski definition) is 1. The second-order valence-corrected chi connectivity index (χ2v) is 4.52. The molecular weight excluding hydrogens is 258 g/mol. The number of nitriles is 1. The van der Waals surface area contributed by atoms with E-state index in [0.717, 1.165) is 6.07 Å². The fraction of sp³-hybridized carbons (Fsp3) is 0.273. The molecule has 6 nitrogen and oxygen atoms in total. The molecule has 0 unspecified atom stereocenters. The molecular formula is C11H10ClN3O3. The Labute approximate surface area is 108 Å². The zero-order valence-corrected chi connectivity index (χ0v) is 10.5. The molecule has 0 aliphatic rings. The summed E-state index contributed by atoms with van der Waals surface area (Å²) < 4.78 is 0. The average Bonchev–Trinajstić information content (AvgIpc) is 2.31. The first-order valence-electron chi connectivity index (χ1n) is 4.94. The van der Waals surface area contributed by atoms with Crippen LogP contribution >= 0.6 is 11.6 Å². The lowest BCUT2D eigenvalue weighted by Gasteiger charge is -2.14. The molecule has 94 valence electrons. The highest BCUT2D eigenvalue weighted by atomic mass is 35.5. The lowest BCUT2D eigenvalue weighted by molar-refractivity contribution is -0.384. The van der Waals surface area contributed by atoms with Gasteiger partial charge in [0.25, 0.3) is 5.69 Å². The highest BCUT2D eigenvalue weighted by molar-refractivity contribution is 6.32. The summed E-state index contributed by atoms with van der Waals surface area (Å²) in [5, 5.41) is 21.9. The summed E-state index contributed by atoms with van der Waals surface area (Å²) in [7, 11) is 0. The Morgan fingerprint density at radius 1 is 1.56 bits per heavy atom. The largest absolute Gasteiger partial charge is 0.324 e. The summed E-state index contributed by atoms with van der Waals surface area (Å²) in [5.41, 5.74) is -1.29. The van der Waals surface area contributed by atoms with Gasteiger partial charge in [0, 0.05) is 11.8 Å². The maximum absolute atomic E-state index is 11.7. The average molecular weight is 268 g/mol.